The molecule has 1 aromatic rings. The van der Waals surface area contributed by atoms with E-state index >= 15 is 0 Å². The summed E-state index contributed by atoms with van der Waals surface area (Å²) >= 11 is 0. The molecule has 0 spiro atoms. The molecule has 1 aliphatic rings. The van der Waals surface area contributed by atoms with Crippen LogP contribution in [0.3, 0.4) is 0 Å². The Hall–Kier alpha value is -1.75. The lowest BCUT2D eigenvalue weighted by Gasteiger charge is -2.14. The van der Waals surface area contributed by atoms with Crippen LogP contribution < -0.4 is 11.5 Å². The molecule has 0 atom stereocenters. The molecule has 4 N–H and O–H groups in total. The monoisotopic (exact) mass is 249 g/mol. The molecule has 1 heterocycles. The average Bonchev–Trinajstić information content (AvgIpc) is 2.80. The summed E-state index contributed by atoms with van der Waals surface area (Å²) in [5, 5.41) is 0. The van der Waals surface area contributed by atoms with Crippen LogP contribution in [0.1, 0.15) is 23.2 Å². The standard InChI is InChI=1S/C13H19N3O2/c14-11-7-10(8-12(15)9-11)13(17)18-6-5-16-3-1-2-4-16/h7-9H,1-6,14-15H2. The first-order valence-corrected chi connectivity index (χ1v) is 6.21. The number of ether oxygens (including phenoxy) is 1. The van der Waals surface area contributed by atoms with Crippen LogP contribution in [0.5, 0.6) is 0 Å². The number of nitrogens with zero attached hydrogens (tertiary/aromatic N) is 1. The predicted octanol–water partition coefficient (Wildman–Crippen LogP) is 1.10. The van der Waals surface area contributed by atoms with Gasteiger partial charge in [0.2, 0.25) is 0 Å². The molecule has 0 unspecified atom stereocenters. The summed E-state index contributed by atoms with van der Waals surface area (Å²) in [6.07, 6.45) is 2.47. The van der Waals surface area contributed by atoms with Gasteiger partial charge in [-0.15, -0.1) is 0 Å². The van der Waals surface area contributed by atoms with Gasteiger partial charge in [0.25, 0.3) is 0 Å². The molecule has 1 fully saturated rings. The molecule has 2 rings (SSSR count). The first-order chi connectivity index (χ1) is 8.65. The second kappa shape index (κ2) is 5.73. The minimum absolute atomic E-state index is 0.367. The van der Waals surface area contributed by atoms with Gasteiger partial charge in [-0.05, 0) is 44.1 Å². The Labute approximate surface area is 107 Å². The summed E-state index contributed by atoms with van der Waals surface area (Å²) in [6, 6.07) is 4.77. The minimum atomic E-state index is -0.367. The molecular weight excluding hydrogens is 230 g/mol. The third-order valence-corrected chi connectivity index (χ3v) is 3.05. The van der Waals surface area contributed by atoms with Crippen molar-refractivity contribution in [3.8, 4) is 0 Å². The molecule has 0 bridgehead atoms. The highest BCUT2D eigenvalue weighted by molar-refractivity contribution is 5.91. The van der Waals surface area contributed by atoms with Crippen molar-refractivity contribution < 1.29 is 9.53 Å². The van der Waals surface area contributed by atoms with Crippen molar-refractivity contribution in [1.82, 2.24) is 4.90 Å². The van der Waals surface area contributed by atoms with E-state index in [1.807, 2.05) is 0 Å². The second-order valence-electron chi connectivity index (χ2n) is 4.57. The van der Waals surface area contributed by atoms with Gasteiger partial charge in [0.1, 0.15) is 6.61 Å². The lowest BCUT2D eigenvalue weighted by atomic mass is 10.2. The van der Waals surface area contributed by atoms with Crippen molar-refractivity contribution in [2.75, 3.05) is 37.7 Å². The topological polar surface area (TPSA) is 81.6 Å². The largest absolute Gasteiger partial charge is 0.461 e. The van der Waals surface area contributed by atoms with Crippen LogP contribution in [0.2, 0.25) is 0 Å². The maximum atomic E-state index is 11.8. The summed E-state index contributed by atoms with van der Waals surface area (Å²) in [6.45, 7) is 3.41. The predicted molar refractivity (Wildman–Crippen MR) is 71.2 cm³/mol. The minimum Gasteiger partial charge on any atom is -0.461 e. The molecule has 5 heteroatoms. The molecule has 0 radical (unpaired) electrons. The van der Waals surface area contributed by atoms with Crippen molar-refractivity contribution in [3.63, 3.8) is 0 Å². The van der Waals surface area contributed by atoms with Crippen molar-refractivity contribution in [2.45, 2.75) is 12.8 Å². The van der Waals surface area contributed by atoms with Crippen LogP contribution in [0.15, 0.2) is 18.2 Å². The van der Waals surface area contributed by atoms with Crippen molar-refractivity contribution in [1.29, 1.82) is 0 Å². The maximum Gasteiger partial charge on any atom is 0.338 e. The van der Waals surface area contributed by atoms with Crippen molar-refractivity contribution in [3.05, 3.63) is 23.8 Å². The number of hydrogen-bond acceptors (Lipinski definition) is 5. The molecule has 0 aliphatic carbocycles. The third-order valence-electron chi connectivity index (χ3n) is 3.05. The molecule has 0 amide bonds. The van der Waals surface area contributed by atoms with Gasteiger partial charge in [-0.25, -0.2) is 4.79 Å². The van der Waals surface area contributed by atoms with E-state index < -0.39 is 0 Å². The van der Waals surface area contributed by atoms with E-state index in [9.17, 15) is 4.79 Å². The molecule has 98 valence electrons. The second-order valence-corrected chi connectivity index (χ2v) is 4.57. The Morgan fingerprint density at radius 3 is 2.39 bits per heavy atom. The van der Waals surface area contributed by atoms with E-state index in [1.165, 1.54) is 12.8 Å². The Morgan fingerprint density at radius 2 is 1.78 bits per heavy atom. The third kappa shape index (κ3) is 3.37. The van der Waals surface area contributed by atoms with Gasteiger partial charge in [-0.3, -0.25) is 4.90 Å². The summed E-state index contributed by atoms with van der Waals surface area (Å²) < 4.78 is 5.21. The highest BCUT2D eigenvalue weighted by Crippen LogP contribution is 2.14. The normalized spacial score (nSPS) is 15.8. The van der Waals surface area contributed by atoms with Crippen molar-refractivity contribution >= 4 is 17.3 Å². The number of carbonyl (C=O) groups excluding carboxylic acids is 1. The lowest BCUT2D eigenvalue weighted by molar-refractivity contribution is 0.0472. The molecule has 1 aromatic carbocycles. The number of rotatable bonds is 4. The number of nitrogen functional groups attached to an aromatic ring is 2. The molecular formula is C13H19N3O2. The smallest absolute Gasteiger partial charge is 0.338 e. The molecule has 5 nitrogen and oxygen atoms in total. The van der Waals surface area contributed by atoms with Gasteiger partial charge in [0.05, 0.1) is 5.56 Å². The molecule has 0 aromatic heterocycles. The van der Waals surface area contributed by atoms with E-state index in [-0.39, 0.29) is 5.97 Å². The Balaban J connectivity index is 1.83. The van der Waals surface area contributed by atoms with Gasteiger partial charge in [0.15, 0.2) is 0 Å². The number of nitrogens with two attached hydrogens (primary N) is 2. The van der Waals surface area contributed by atoms with E-state index in [2.05, 4.69) is 4.90 Å². The van der Waals surface area contributed by atoms with Gasteiger partial charge in [0, 0.05) is 17.9 Å². The fourth-order valence-corrected chi connectivity index (χ4v) is 2.15. The number of esters is 1. The van der Waals surface area contributed by atoms with E-state index in [0.29, 0.717) is 23.5 Å². The Bertz CT molecular complexity index is 408. The average molecular weight is 249 g/mol. The molecule has 1 aliphatic heterocycles. The Morgan fingerprint density at radius 1 is 1.17 bits per heavy atom. The van der Waals surface area contributed by atoms with Crippen molar-refractivity contribution in [2.24, 2.45) is 0 Å². The van der Waals surface area contributed by atoms with Crippen LogP contribution in [-0.2, 0) is 4.74 Å². The first kappa shape index (κ1) is 12.7. The highest BCUT2D eigenvalue weighted by atomic mass is 16.5. The zero-order chi connectivity index (χ0) is 13.0. The number of hydrogen-bond donors (Lipinski definition) is 2. The molecule has 18 heavy (non-hydrogen) atoms. The lowest BCUT2D eigenvalue weighted by Crippen LogP contribution is -2.25. The zero-order valence-electron chi connectivity index (χ0n) is 10.4. The molecule has 0 saturated carbocycles. The number of likely N-dealkylation sites (tertiary alicyclic amines) is 1. The van der Waals surface area contributed by atoms with E-state index in [1.54, 1.807) is 18.2 Å². The zero-order valence-corrected chi connectivity index (χ0v) is 10.4. The van der Waals surface area contributed by atoms with Crippen LogP contribution >= 0.6 is 0 Å². The van der Waals surface area contributed by atoms with Gasteiger partial charge < -0.3 is 16.2 Å². The SMILES string of the molecule is Nc1cc(N)cc(C(=O)OCCN2CCCC2)c1. The number of benzene rings is 1. The van der Waals surface area contributed by atoms with Gasteiger partial charge in [-0.2, -0.15) is 0 Å². The fraction of sp³-hybridized carbons (Fsp3) is 0.462. The summed E-state index contributed by atoms with van der Waals surface area (Å²) in [5.74, 6) is -0.367. The fourth-order valence-electron chi connectivity index (χ4n) is 2.15. The quantitative estimate of drug-likeness (QED) is 0.617. The van der Waals surface area contributed by atoms with E-state index in [0.717, 1.165) is 19.6 Å². The summed E-state index contributed by atoms with van der Waals surface area (Å²) in [5.41, 5.74) is 12.6. The van der Waals surface area contributed by atoms with Gasteiger partial charge in [-0.1, -0.05) is 0 Å². The number of anilines is 2. The first-order valence-electron chi connectivity index (χ1n) is 6.21. The summed E-state index contributed by atoms with van der Waals surface area (Å²) in [4.78, 5) is 14.1. The van der Waals surface area contributed by atoms with Crippen LogP contribution in [-0.4, -0.2) is 37.1 Å². The van der Waals surface area contributed by atoms with Crippen LogP contribution in [0.4, 0.5) is 11.4 Å². The van der Waals surface area contributed by atoms with Gasteiger partial charge >= 0.3 is 5.97 Å². The Kier molecular flexibility index (Phi) is 4.04. The van der Waals surface area contributed by atoms with Crippen LogP contribution in [0.25, 0.3) is 0 Å². The number of carbonyl (C=O) groups is 1. The van der Waals surface area contributed by atoms with Crippen LogP contribution in [0, 0.1) is 0 Å². The maximum absolute atomic E-state index is 11.8. The summed E-state index contributed by atoms with van der Waals surface area (Å²) in [7, 11) is 0. The highest BCUT2D eigenvalue weighted by Gasteiger charge is 2.13. The van der Waals surface area contributed by atoms with E-state index in [4.69, 9.17) is 16.2 Å². The molecule has 1 saturated heterocycles.